The summed E-state index contributed by atoms with van der Waals surface area (Å²) in [5, 5.41) is 2.81. The molecule has 4 amide bonds. The number of halogens is 3. The van der Waals surface area contributed by atoms with Gasteiger partial charge in [-0.3, -0.25) is 14.5 Å². The molecule has 11 heteroatoms. The van der Waals surface area contributed by atoms with E-state index in [4.69, 9.17) is 0 Å². The van der Waals surface area contributed by atoms with Crippen LogP contribution in [0, 0.1) is 0 Å². The lowest BCUT2D eigenvalue weighted by Gasteiger charge is -2.38. The molecule has 3 aliphatic heterocycles. The predicted octanol–water partition coefficient (Wildman–Crippen LogP) is 3.66. The zero-order valence-electron chi connectivity index (χ0n) is 23.2. The van der Waals surface area contributed by atoms with Crippen LogP contribution in [0.25, 0.3) is 0 Å². The molecule has 0 radical (unpaired) electrons. The summed E-state index contributed by atoms with van der Waals surface area (Å²) in [6, 6.07) is 11.8. The number of piperazine rings is 1. The number of nitrogens with one attached hydrogen (secondary N) is 1. The van der Waals surface area contributed by atoms with E-state index in [-0.39, 0.29) is 18.0 Å². The van der Waals surface area contributed by atoms with E-state index < -0.39 is 35.8 Å². The summed E-state index contributed by atoms with van der Waals surface area (Å²) in [6.45, 7) is 7.74. The van der Waals surface area contributed by atoms with Crippen molar-refractivity contribution in [2.45, 2.75) is 38.5 Å². The van der Waals surface area contributed by atoms with Crippen molar-refractivity contribution in [2.75, 3.05) is 45.8 Å². The fraction of sp³-hybridized carbons (Fsp3) is 0.433. The Bertz CT molecular complexity index is 1320. The van der Waals surface area contributed by atoms with Crippen LogP contribution in [0.15, 0.2) is 65.9 Å². The minimum atomic E-state index is -4.51. The van der Waals surface area contributed by atoms with Gasteiger partial charge in [0, 0.05) is 39.1 Å². The highest BCUT2D eigenvalue weighted by atomic mass is 19.4. The number of hydrogen-bond acceptors (Lipinski definition) is 4. The fourth-order valence-corrected chi connectivity index (χ4v) is 5.88. The lowest BCUT2D eigenvalue weighted by Crippen LogP contribution is -2.56. The summed E-state index contributed by atoms with van der Waals surface area (Å²) in [5.74, 6) is -0.545. The Morgan fingerprint density at radius 2 is 1.61 bits per heavy atom. The van der Waals surface area contributed by atoms with Crippen LogP contribution in [-0.4, -0.2) is 89.3 Å². The Labute approximate surface area is 237 Å². The maximum Gasteiger partial charge on any atom is 0.416 e. The summed E-state index contributed by atoms with van der Waals surface area (Å²) in [6.07, 6.45) is -4.20. The molecule has 3 heterocycles. The van der Waals surface area contributed by atoms with Crippen LogP contribution in [0.3, 0.4) is 0 Å². The first-order valence-corrected chi connectivity index (χ1v) is 14.0. The van der Waals surface area contributed by atoms with E-state index in [1.165, 1.54) is 21.9 Å². The highest BCUT2D eigenvalue weighted by molar-refractivity contribution is 6.03. The molecule has 41 heavy (non-hydrogen) atoms. The number of nitrogens with zero attached hydrogens (tertiary/aromatic N) is 4. The molecular formula is C30H34F3N5O3. The third-order valence-electron chi connectivity index (χ3n) is 8.20. The highest BCUT2D eigenvalue weighted by Gasteiger charge is 2.47. The maximum absolute atomic E-state index is 14.2. The van der Waals surface area contributed by atoms with Crippen molar-refractivity contribution in [3.8, 4) is 0 Å². The monoisotopic (exact) mass is 569 g/mol. The van der Waals surface area contributed by atoms with E-state index in [2.05, 4.69) is 17.1 Å². The van der Waals surface area contributed by atoms with Crippen LogP contribution in [0.2, 0.25) is 0 Å². The molecule has 0 aromatic heterocycles. The van der Waals surface area contributed by atoms with Crippen molar-refractivity contribution in [1.29, 1.82) is 0 Å². The Hall–Kier alpha value is -3.86. The third-order valence-corrected chi connectivity index (χ3v) is 8.20. The SMILES string of the molecule is CCN1CCN(C(=O)C(Cc2ccccc2)N2CC3=C(C2=O)C(c2ccc(C(F)(F)F)cc2)NC(=O)N3CC)CC1. The zero-order chi connectivity index (χ0) is 29.3. The summed E-state index contributed by atoms with van der Waals surface area (Å²) >= 11 is 0. The van der Waals surface area contributed by atoms with Crippen molar-refractivity contribution >= 4 is 17.8 Å². The minimum absolute atomic E-state index is 0.0602. The van der Waals surface area contributed by atoms with E-state index in [1.807, 2.05) is 30.3 Å². The van der Waals surface area contributed by atoms with Crippen molar-refractivity contribution in [1.82, 2.24) is 24.9 Å². The number of carbonyl (C=O) groups is 3. The highest BCUT2D eigenvalue weighted by Crippen LogP contribution is 2.38. The van der Waals surface area contributed by atoms with E-state index in [0.717, 1.165) is 37.3 Å². The van der Waals surface area contributed by atoms with Gasteiger partial charge >= 0.3 is 12.2 Å². The summed E-state index contributed by atoms with van der Waals surface area (Å²) in [4.78, 5) is 48.4. The second-order valence-corrected chi connectivity index (χ2v) is 10.5. The van der Waals surface area contributed by atoms with Crippen molar-refractivity contribution in [3.05, 3.63) is 82.6 Å². The molecule has 2 unspecified atom stereocenters. The van der Waals surface area contributed by atoms with Crippen LogP contribution in [0.1, 0.15) is 36.6 Å². The Kier molecular flexibility index (Phi) is 8.08. The van der Waals surface area contributed by atoms with Crippen molar-refractivity contribution in [3.63, 3.8) is 0 Å². The summed E-state index contributed by atoms with van der Waals surface area (Å²) in [7, 11) is 0. The van der Waals surface area contributed by atoms with Gasteiger partial charge < -0.3 is 20.0 Å². The second kappa shape index (κ2) is 11.6. The Morgan fingerprint density at radius 3 is 2.20 bits per heavy atom. The normalized spacial score (nSPS) is 20.8. The van der Waals surface area contributed by atoms with Crippen LogP contribution in [0.5, 0.6) is 0 Å². The molecule has 2 aromatic carbocycles. The first kappa shape index (κ1) is 28.7. The standard InChI is InChI=1S/C30H34F3N5O3/c1-3-35-14-16-36(17-15-35)27(39)23(18-20-8-6-5-7-9-20)38-19-24-25(28(38)40)26(34-29(41)37(24)4-2)21-10-12-22(13-11-21)30(31,32)33/h5-13,23,26H,3-4,14-19H2,1-2H3,(H,34,41). The molecule has 5 rings (SSSR count). The summed E-state index contributed by atoms with van der Waals surface area (Å²) in [5.41, 5.74) is 1.22. The van der Waals surface area contributed by atoms with Crippen molar-refractivity contribution < 1.29 is 27.6 Å². The largest absolute Gasteiger partial charge is 0.416 e. The number of carbonyl (C=O) groups excluding carboxylic acids is 3. The van der Waals surface area contributed by atoms with Gasteiger partial charge in [0.1, 0.15) is 6.04 Å². The molecule has 218 valence electrons. The number of rotatable bonds is 7. The number of alkyl halides is 3. The third kappa shape index (κ3) is 5.68. The average Bonchev–Trinajstić information content (AvgIpc) is 3.31. The quantitative estimate of drug-likeness (QED) is 0.553. The average molecular weight is 570 g/mol. The topological polar surface area (TPSA) is 76.2 Å². The molecule has 1 saturated heterocycles. The molecule has 1 fully saturated rings. The van der Waals surface area contributed by atoms with E-state index in [0.29, 0.717) is 37.3 Å². The molecule has 0 bridgehead atoms. The number of likely N-dealkylation sites (N-methyl/N-ethyl adjacent to an activating group) is 2. The van der Waals surface area contributed by atoms with Gasteiger partial charge in [-0.1, -0.05) is 49.4 Å². The second-order valence-electron chi connectivity index (χ2n) is 10.5. The zero-order valence-corrected chi connectivity index (χ0v) is 23.2. The van der Waals surface area contributed by atoms with Gasteiger partial charge in [0.2, 0.25) is 5.91 Å². The van der Waals surface area contributed by atoms with Crippen molar-refractivity contribution in [2.24, 2.45) is 0 Å². The van der Waals surface area contributed by atoms with E-state index >= 15 is 0 Å². The molecule has 0 saturated carbocycles. The Balaban J connectivity index is 1.48. The number of hydrogen-bond donors (Lipinski definition) is 1. The van der Waals surface area contributed by atoms with Crippen LogP contribution >= 0.6 is 0 Å². The molecular weight excluding hydrogens is 535 g/mol. The molecule has 0 aliphatic carbocycles. The van der Waals surface area contributed by atoms with Gasteiger partial charge in [-0.25, -0.2) is 4.79 Å². The van der Waals surface area contributed by atoms with Gasteiger partial charge in [0.25, 0.3) is 5.91 Å². The predicted molar refractivity (Wildman–Crippen MR) is 146 cm³/mol. The minimum Gasteiger partial charge on any atom is -0.338 e. The molecule has 0 spiro atoms. The number of amides is 4. The van der Waals surface area contributed by atoms with Gasteiger partial charge in [-0.2, -0.15) is 13.2 Å². The van der Waals surface area contributed by atoms with Gasteiger partial charge in [-0.05, 0) is 36.7 Å². The molecule has 8 nitrogen and oxygen atoms in total. The fourth-order valence-electron chi connectivity index (χ4n) is 5.88. The molecule has 2 atom stereocenters. The van der Waals surface area contributed by atoms with E-state index in [9.17, 15) is 27.6 Å². The van der Waals surface area contributed by atoms with E-state index in [1.54, 1.807) is 11.8 Å². The lowest BCUT2D eigenvalue weighted by atomic mass is 9.94. The molecule has 3 aliphatic rings. The van der Waals surface area contributed by atoms with Gasteiger partial charge in [0.15, 0.2) is 0 Å². The Morgan fingerprint density at radius 1 is 0.951 bits per heavy atom. The lowest BCUT2D eigenvalue weighted by molar-refractivity contribution is -0.144. The first-order chi connectivity index (χ1) is 19.6. The van der Waals surface area contributed by atoms with Crippen LogP contribution < -0.4 is 5.32 Å². The van der Waals surface area contributed by atoms with Gasteiger partial charge in [-0.15, -0.1) is 0 Å². The molecule has 1 N–H and O–H groups in total. The first-order valence-electron chi connectivity index (χ1n) is 14.0. The summed E-state index contributed by atoms with van der Waals surface area (Å²) < 4.78 is 39.6. The van der Waals surface area contributed by atoms with Crippen LogP contribution in [-0.2, 0) is 22.2 Å². The smallest absolute Gasteiger partial charge is 0.338 e. The number of benzene rings is 2. The van der Waals surface area contributed by atoms with Crippen LogP contribution in [0.4, 0.5) is 18.0 Å². The maximum atomic E-state index is 14.2. The van der Waals surface area contributed by atoms with Gasteiger partial charge in [0.05, 0.1) is 29.4 Å². The number of urea groups is 1. The molecule has 2 aromatic rings.